The molecule has 2 rings (SSSR count). The van der Waals surface area contributed by atoms with Crippen LogP contribution >= 0.6 is 0 Å². The maximum Gasteiger partial charge on any atom is 0.0213 e. The Kier molecular flexibility index (Phi) is 3.55. The van der Waals surface area contributed by atoms with Crippen LogP contribution in [0.5, 0.6) is 0 Å². The van der Waals surface area contributed by atoms with Gasteiger partial charge in [-0.05, 0) is 58.6 Å². The molecule has 0 unspecified atom stereocenters. The maximum atomic E-state index is 2.61. The standard InChI is InChI=1S/C17H27N/c1-6-8-14-10-11-17(15(14)9-7-2)12-18(13-17)16(3,4)5/h6-9H,10-13H2,1-5H3/b8-6-,9-7-. The van der Waals surface area contributed by atoms with E-state index in [4.69, 9.17) is 0 Å². The Morgan fingerprint density at radius 2 is 1.67 bits per heavy atom. The fourth-order valence-electron chi connectivity index (χ4n) is 3.30. The third kappa shape index (κ3) is 2.21. The Labute approximate surface area is 112 Å². The van der Waals surface area contributed by atoms with E-state index < -0.39 is 0 Å². The summed E-state index contributed by atoms with van der Waals surface area (Å²) in [7, 11) is 0. The van der Waals surface area contributed by atoms with Crippen LogP contribution in [0.4, 0.5) is 0 Å². The summed E-state index contributed by atoms with van der Waals surface area (Å²) in [5.74, 6) is 0. The topological polar surface area (TPSA) is 3.24 Å². The maximum absolute atomic E-state index is 2.61. The van der Waals surface area contributed by atoms with Crippen molar-refractivity contribution in [1.29, 1.82) is 0 Å². The first-order chi connectivity index (χ1) is 8.43. The molecule has 2 aliphatic rings. The predicted octanol–water partition coefficient (Wildman–Crippen LogP) is 4.33. The van der Waals surface area contributed by atoms with E-state index in [1.807, 2.05) is 0 Å². The molecule has 1 heterocycles. The van der Waals surface area contributed by atoms with Crippen molar-refractivity contribution >= 4 is 0 Å². The van der Waals surface area contributed by atoms with E-state index in [1.54, 1.807) is 11.1 Å². The zero-order valence-electron chi connectivity index (χ0n) is 12.6. The minimum Gasteiger partial charge on any atom is -0.297 e. The Bertz CT molecular complexity index is 398. The van der Waals surface area contributed by atoms with Crippen molar-refractivity contribution in [2.24, 2.45) is 5.41 Å². The van der Waals surface area contributed by atoms with Gasteiger partial charge in [-0.2, -0.15) is 0 Å². The van der Waals surface area contributed by atoms with E-state index in [9.17, 15) is 0 Å². The van der Waals surface area contributed by atoms with Gasteiger partial charge in [-0.15, -0.1) is 0 Å². The van der Waals surface area contributed by atoms with Gasteiger partial charge in [-0.1, -0.05) is 24.3 Å². The summed E-state index contributed by atoms with van der Waals surface area (Å²) < 4.78 is 0. The summed E-state index contributed by atoms with van der Waals surface area (Å²) in [6.07, 6.45) is 11.6. The first-order valence-electron chi connectivity index (χ1n) is 7.17. The third-order valence-electron chi connectivity index (χ3n) is 4.43. The van der Waals surface area contributed by atoms with Crippen molar-refractivity contribution in [2.75, 3.05) is 13.1 Å². The zero-order chi connectivity index (χ0) is 13.4. The van der Waals surface area contributed by atoms with Crippen LogP contribution in [0.1, 0.15) is 47.5 Å². The summed E-state index contributed by atoms with van der Waals surface area (Å²) in [5, 5.41) is 0. The zero-order valence-corrected chi connectivity index (χ0v) is 12.6. The molecule has 18 heavy (non-hydrogen) atoms. The summed E-state index contributed by atoms with van der Waals surface area (Å²) in [5.41, 5.74) is 3.93. The number of nitrogens with zero attached hydrogens (tertiary/aromatic N) is 1. The van der Waals surface area contributed by atoms with Gasteiger partial charge >= 0.3 is 0 Å². The van der Waals surface area contributed by atoms with Crippen LogP contribution in [0.2, 0.25) is 0 Å². The van der Waals surface area contributed by atoms with Crippen LogP contribution in [0.3, 0.4) is 0 Å². The lowest BCUT2D eigenvalue weighted by molar-refractivity contribution is -0.0341. The molecule has 0 aromatic rings. The average Bonchev–Trinajstić information content (AvgIpc) is 2.56. The number of allylic oxidation sites excluding steroid dienone is 5. The molecule has 0 atom stereocenters. The molecule has 1 fully saturated rings. The van der Waals surface area contributed by atoms with E-state index in [2.05, 4.69) is 63.8 Å². The quantitative estimate of drug-likeness (QED) is 0.700. The molecule has 1 nitrogen and oxygen atoms in total. The molecule has 0 N–H and O–H groups in total. The normalized spacial score (nSPS) is 24.7. The van der Waals surface area contributed by atoms with E-state index in [1.165, 1.54) is 25.9 Å². The van der Waals surface area contributed by atoms with Crippen LogP contribution in [-0.2, 0) is 0 Å². The lowest BCUT2D eigenvalue weighted by Gasteiger charge is -2.55. The summed E-state index contributed by atoms with van der Waals surface area (Å²) in [6, 6.07) is 0. The third-order valence-corrected chi connectivity index (χ3v) is 4.43. The molecule has 0 saturated carbocycles. The second-order valence-corrected chi connectivity index (χ2v) is 6.75. The van der Waals surface area contributed by atoms with E-state index in [0.29, 0.717) is 11.0 Å². The summed E-state index contributed by atoms with van der Waals surface area (Å²) in [4.78, 5) is 2.61. The van der Waals surface area contributed by atoms with Crippen LogP contribution in [0, 0.1) is 5.41 Å². The van der Waals surface area contributed by atoms with Gasteiger partial charge in [-0.3, -0.25) is 4.90 Å². The highest BCUT2D eigenvalue weighted by Gasteiger charge is 2.50. The number of hydrogen-bond acceptors (Lipinski definition) is 1. The highest BCUT2D eigenvalue weighted by Crippen LogP contribution is 2.51. The molecule has 1 aliphatic heterocycles. The van der Waals surface area contributed by atoms with Crippen molar-refractivity contribution in [3.8, 4) is 0 Å². The molecular formula is C17H27N. The summed E-state index contributed by atoms with van der Waals surface area (Å²) >= 11 is 0. The van der Waals surface area contributed by atoms with Gasteiger partial charge in [0.15, 0.2) is 0 Å². The van der Waals surface area contributed by atoms with Gasteiger partial charge in [0.25, 0.3) is 0 Å². The Hall–Kier alpha value is -0.820. The highest BCUT2D eigenvalue weighted by atomic mass is 15.3. The fraction of sp³-hybridized carbons (Fsp3) is 0.647. The van der Waals surface area contributed by atoms with Gasteiger partial charge < -0.3 is 0 Å². The van der Waals surface area contributed by atoms with E-state index >= 15 is 0 Å². The molecule has 1 saturated heterocycles. The van der Waals surface area contributed by atoms with Crippen LogP contribution in [0.15, 0.2) is 35.5 Å². The Balaban J connectivity index is 2.22. The van der Waals surface area contributed by atoms with Crippen molar-refractivity contribution in [2.45, 2.75) is 53.0 Å². The molecule has 0 amide bonds. The highest BCUT2D eigenvalue weighted by molar-refractivity contribution is 5.44. The molecule has 1 heteroatoms. The van der Waals surface area contributed by atoms with Crippen molar-refractivity contribution < 1.29 is 0 Å². The first-order valence-corrected chi connectivity index (χ1v) is 7.17. The second-order valence-electron chi connectivity index (χ2n) is 6.75. The number of rotatable bonds is 2. The smallest absolute Gasteiger partial charge is 0.0213 e. The Morgan fingerprint density at radius 3 is 2.17 bits per heavy atom. The minimum atomic E-state index is 0.315. The van der Waals surface area contributed by atoms with Crippen LogP contribution < -0.4 is 0 Å². The van der Waals surface area contributed by atoms with Crippen molar-refractivity contribution in [3.05, 3.63) is 35.5 Å². The van der Waals surface area contributed by atoms with Crippen LogP contribution in [0.25, 0.3) is 0 Å². The Morgan fingerprint density at radius 1 is 1.06 bits per heavy atom. The summed E-state index contributed by atoms with van der Waals surface area (Å²) in [6.45, 7) is 13.7. The molecule has 0 radical (unpaired) electrons. The largest absolute Gasteiger partial charge is 0.297 e. The monoisotopic (exact) mass is 245 g/mol. The number of likely N-dealkylation sites (tertiary alicyclic amines) is 1. The predicted molar refractivity (Wildman–Crippen MR) is 79.6 cm³/mol. The minimum absolute atomic E-state index is 0.315. The van der Waals surface area contributed by atoms with E-state index in [0.717, 1.165) is 0 Å². The SMILES string of the molecule is C/C=C\C1=C(/C=C\C)C2(CC1)CN(C(C)(C)C)C2. The van der Waals surface area contributed by atoms with Crippen molar-refractivity contribution in [1.82, 2.24) is 4.90 Å². The van der Waals surface area contributed by atoms with E-state index in [-0.39, 0.29) is 0 Å². The van der Waals surface area contributed by atoms with Gasteiger partial charge in [0.05, 0.1) is 0 Å². The van der Waals surface area contributed by atoms with Gasteiger partial charge in [0.1, 0.15) is 0 Å². The molecule has 1 spiro atoms. The molecule has 0 bridgehead atoms. The number of hydrogen-bond donors (Lipinski definition) is 0. The van der Waals surface area contributed by atoms with Crippen LogP contribution in [-0.4, -0.2) is 23.5 Å². The second kappa shape index (κ2) is 4.70. The van der Waals surface area contributed by atoms with Crippen molar-refractivity contribution in [3.63, 3.8) is 0 Å². The molecule has 1 aliphatic carbocycles. The lowest BCUT2D eigenvalue weighted by atomic mass is 9.71. The molecule has 100 valence electrons. The fourth-order valence-corrected chi connectivity index (χ4v) is 3.30. The molecular weight excluding hydrogens is 218 g/mol. The van der Waals surface area contributed by atoms with Gasteiger partial charge in [0, 0.05) is 24.0 Å². The molecule has 0 aromatic carbocycles. The van der Waals surface area contributed by atoms with Gasteiger partial charge in [-0.25, -0.2) is 0 Å². The average molecular weight is 245 g/mol. The molecule has 0 aromatic heterocycles. The first kappa shape index (κ1) is 13.6. The lowest BCUT2D eigenvalue weighted by Crippen LogP contribution is -2.62. The van der Waals surface area contributed by atoms with Gasteiger partial charge in [0.2, 0.25) is 0 Å².